The first-order valence-electron chi connectivity index (χ1n) is 4.97. The predicted octanol–water partition coefficient (Wildman–Crippen LogP) is 3.23. The molecule has 0 saturated heterocycles. The van der Waals surface area contributed by atoms with E-state index in [1.54, 1.807) is 0 Å². The Balaban J connectivity index is 2.60. The number of hydrogen-bond acceptors (Lipinski definition) is 2. The van der Waals surface area contributed by atoms with Crippen molar-refractivity contribution >= 4 is 17.6 Å². The second kappa shape index (κ2) is 5.76. The zero-order valence-electron chi connectivity index (χ0n) is 9.05. The molecule has 0 amide bonds. The van der Waals surface area contributed by atoms with Crippen molar-refractivity contribution < 1.29 is 9.53 Å². The van der Waals surface area contributed by atoms with Gasteiger partial charge in [0.15, 0.2) is 0 Å². The van der Waals surface area contributed by atoms with Crippen LogP contribution >= 0.6 is 11.6 Å². The minimum absolute atomic E-state index is 0.222. The molecular weight excluding hydrogens is 212 g/mol. The Morgan fingerprint density at radius 1 is 1.27 bits per heavy atom. The fourth-order valence-electron chi connectivity index (χ4n) is 1.39. The first kappa shape index (κ1) is 12.1. The third-order valence-corrected chi connectivity index (χ3v) is 2.21. The number of carbonyl (C=O) groups excluding carboxylic acids is 1. The van der Waals surface area contributed by atoms with Gasteiger partial charge in [-0.3, -0.25) is 4.79 Å². The van der Waals surface area contributed by atoms with Crippen molar-refractivity contribution in [2.75, 3.05) is 5.88 Å². The summed E-state index contributed by atoms with van der Waals surface area (Å²) in [6.07, 6.45) is 1.03. The lowest BCUT2D eigenvalue weighted by atomic mass is 10.1. The van der Waals surface area contributed by atoms with Crippen molar-refractivity contribution in [3.8, 4) is 5.75 Å². The standard InChI is InChI=1S/C12H15ClO2/c1-9-6-10(2)8-11(7-9)15-12(14)4-3-5-13/h6-8H,3-5H2,1-2H3. The second-order valence-electron chi connectivity index (χ2n) is 3.59. The minimum atomic E-state index is -0.222. The minimum Gasteiger partial charge on any atom is -0.427 e. The van der Waals surface area contributed by atoms with E-state index in [-0.39, 0.29) is 5.97 Å². The van der Waals surface area contributed by atoms with Crippen molar-refractivity contribution in [1.29, 1.82) is 0 Å². The summed E-state index contributed by atoms with van der Waals surface area (Å²) in [6.45, 7) is 3.95. The molecule has 0 aromatic heterocycles. The fourth-order valence-corrected chi connectivity index (χ4v) is 1.52. The summed E-state index contributed by atoms with van der Waals surface area (Å²) in [5.41, 5.74) is 2.19. The number of alkyl halides is 1. The molecule has 0 bridgehead atoms. The molecule has 0 spiro atoms. The van der Waals surface area contributed by atoms with Gasteiger partial charge in [0.2, 0.25) is 0 Å². The lowest BCUT2D eigenvalue weighted by molar-refractivity contribution is -0.134. The third kappa shape index (κ3) is 4.34. The maximum atomic E-state index is 11.3. The molecule has 0 radical (unpaired) electrons. The monoisotopic (exact) mass is 226 g/mol. The average molecular weight is 227 g/mol. The molecule has 2 nitrogen and oxygen atoms in total. The number of rotatable bonds is 4. The Hall–Kier alpha value is -1.02. The zero-order valence-corrected chi connectivity index (χ0v) is 9.80. The van der Waals surface area contributed by atoms with E-state index in [2.05, 4.69) is 0 Å². The van der Waals surface area contributed by atoms with Crippen LogP contribution in [-0.4, -0.2) is 11.8 Å². The highest BCUT2D eigenvalue weighted by Gasteiger charge is 2.04. The number of halogens is 1. The SMILES string of the molecule is Cc1cc(C)cc(OC(=O)CCCCl)c1. The molecule has 0 atom stereocenters. The van der Waals surface area contributed by atoms with Gasteiger partial charge in [-0.15, -0.1) is 11.6 Å². The highest BCUT2D eigenvalue weighted by molar-refractivity contribution is 6.17. The molecule has 0 N–H and O–H groups in total. The van der Waals surface area contributed by atoms with Crippen LogP contribution in [-0.2, 0) is 4.79 Å². The maximum absolute atomic E-state index is 11.3. The van der Waals surface area contributed by atoms with Gasteiger partial charge >= 0.3 is 5.97 Å². The molecular formula is C12H15ClO2. The van der Waals surface area contributed by atoms with Gasteiger partial charge in [-0.2, -0.15) is 0 Å². The summed E-state index contributed by atoms with van der Waals surface area (Å²) in [4.78, 5) is 11.3. The summed E-state index contributed by atoms with van der Waals surface area (Å²) >= 11 is 5.49. The highest BCUT2D eigenvalue weighted by atomic mass is 35.5. The molecule has 3 heteroatoms. The molecule has 1 aromatic carbocycles. The first-order valence-corrected chi connectivity index (χ1v) is 5.50. The summed E-state index contributed by atoms with van der Waals surface area (Å²) in [5, 5.41) is 0. The van der Waals surface area contributed by atoms with Crippen LogP contribution in [0.4, 0.5) is 0 Å². The van der Waals surface area contributed by atoms with Crippen LogP contribution in [0.25, 0.3) is 0 Å². The largest absolute Gasteiger partial charge is 0.427 e. The van der Waals surface area contributed by atoms with E-state index in [4.69, 9.17) is 16.3 Å². The van der Waals surface area contributed by atoms with Crippen molar-refractivity contribution in [3.05, 3.63) is 29.3 Å². The molecule has 1 aromatic rings. The van der Waals surface area contributed by atoms with Crippen LogP contribution in [0.5, 0.6) is 5.75 Å². The average Bonchev–Trinajstić information content (AvgIpc) is 2.13. The molecule has 0 fully saturated rings. The van der Waals surface area contributed by atoms with Crippen molar-refractivity contribution in [2.45, 2.75) is 26.7 Å². The number of aryl methyl sites for hydroxylation is 2. The van der Waals surface area contributed by atoms with Gasteiger partial charge in [0, 0.05) is 12.3 Å². The van der Waals surface area contributed by atoms with Crippen LogP contribution in [0.15, 0.2) is 18.2 Å². The van der Waals surface area contributed by atoms with Crippen LogP contribution in [0.2, 0.25) is 0 Å². The Morgan fingerprint density at radius 3 is 2.40 bits per heavy atom. The number of carbonyl (C=O) groups is 1. The summed E-state index contributed by atoms with van der Waals surface area (Å²) < 4.78 is 5.18. The van der Waals surface area contributed by atoms with Crippen molar-refractivity contribution in [1.82, 2.24) is 0 Å². The number of benzene rings is 1. The molecule has 0 aliphatic rings. The molecule has 0 aliphatic carbocycles. The summed E-state index contributed by atoms with van der Waals surface area (Å²) in [6, 6.07) is 5.74. The Bertz CT molecular complexity index is 327. The van der Waals surface area contributed by atoms with Crippen LogP contribution < -0.4 is 4.74 Å². The number of hydrogen-bond donors (Lipinski definition) is 0. The van der Waals surface area contributed by atoms with E-state index in [0.29, 0.717) is 24.5 Å². The third-order valence-electron chi connectivity index (χ3n) is 1.94. The molecule has 82 valence electrons. The van der Waals surface area contributed by atoms with E-state index in [1.165, 1.54) is 0 Å². The zero-order chi connectivity index (χ0) is 11.3. The van der Waals surface area contributed by atoms with Gasteiger partial charge in [-0.25, -0.2) is 0 Å². The highest BCUT2D eigenvalue weighted by Crippen LogP contribution is 2.16. The predicted molar refractivity (Wildman–Crippen MR) is 61.5 cm³/mol. The van der Waals surface area contributed by atoms with Gasteiger partial charge in [0.1, 0.15) is 5.75 Å². The van der Waals surface area contributed by atoms with Crippen LogP contribution in [0, 0.1) is 13.8 Å². The fraction of sp³-hybridized carbons (Fsp3) is 0.417. The topological polar surface area (TPSA) is 26.3 Å². The summed E-state index contributed by atoms with van der Waals surface area (Å²) in [5.74, 6) is 0.884. The Morgan fingerprint density at radius 2 is 1.87 bits per heavy atom. The summed E-state index contributed by atoms with van der Waals surface area (Å²) in [7, 11) is 0. The first-order chi connectivity index (χ1) is 7.11. The second-order valence-corrected chi connectivity index (χ2v) is 3.97. The van der Waals surface area contributed by atoms with Gasteiger partial charge in [-0.1, -0.05) is 6.07 Å². The van der Waals surface area contributed by atoms with E-state index in [9.17, 15) is 4.79 Å². The smallest absolute Gasteiger partial charge is 0.311 e. The molecule has 0 heterocycles. The maximum Gasteiger partial charge on any atom is 0.311 e. The van der Waals surface area contributed by atoms with Crippen LogP contribution in [0.1, 0.15) is 24.0 Å². The van der Waals surface area contributed by atoms with E-state index in [0.717, 1.165) is 11.1 Å². The normalized spacial score (nSPS) is 10.1. The molecule has 1 rings (SSSR count). The lowest BCUT2D eigenvalue weighted by Gasteiger charge is -2.05. The van der Waals surface area contributed by atoms with Crippen LogP contribution in [0.3, 0.4) is 0 Å². The van der Waals surface area contributed by atoms with Gasteiger partial charge < -0.3 is 4.74 Å². The van der Waals surface area contributed by atoms with E-state index < -0.39 is 0 Å². The quantitative estimate of drug-likeness (QED) is 0.448. The molecule has 0 saturated carbocycles. The molecule has 0 aliphatic heterocycles. The van der Waals surface area contributed by atoms with Gasteiger partial charge in [0.25, 0.3) is 0 Å². The lowest BCUT2D eigenvalue weighted by Crippen LogP contribution is -2.07. The number of ether oxygens (including phenoxy) is 1. The molecule has 0 unspecified atom stereocenters. The van der Waals surface area contributed by atoms with E-state index in [1.807, 2.05) is 32.0 Å². The van der Waals surface area contributed by atoms with Gasteiger partial charge in [0.05, 0.1) is 0 Å². The Labute approximate surface area is 95.2 Å². The number of esters is 1. The van der Waals surface area contributed by atoms with Crippen molar-refractivity contribution in [2.24, 2.45) is 0 Å². The Kier molecular flexibility index (Phi) is 4.63. The molecule has 15 heavy (non-hydrogen) atoms. The van der Waals surface area contributed by atoms with Crippen molar-refractivity contribution in [3.63, 3.8) is 0 Å². The van der Waals surface area contributed by atoms with Gasteiger partial charge in [-0.05, 0) is 43.5 Å². The van der Waals surface area contributed by atoms with E-state index >= 15 is 0 Å².